The molecule has 1 atom stereocenters. The van der Waals surface area contributed by atoms with Crippen molar-refractivity contribution >= 4 is 29.2 Å². The van der Waals surface area contributed by atoms with Crippen LogP contribution >= 0.6 is 11.6 Å². The van der Waals surface area contributed by atoms with Crippen molar-refractivity contribution in [3.63, 3.8) is 0 Å². The van der Waals surface area contributed by atoms with Gasteiger partial charge >= 0.3 is 6.03 Å². The number of para-hydroxylation sites is 1. The molecule has 2 heterocycles. The zero-order valence-corrected chi connectivity index (χ0v) is 11.2. The maximum absolute atomic E-state index is 12.5. The number of aryl methyl sites for hydroxylation is 1. The van der Waals surface area contributed by atoms with E-state index in [1.165, 1.54) is 0 Å². The second kappa shape index (κ2) is 4.21. The van der Waals surface area contributed by atoms with Crippen molar-refractivity contribution in [1.29, 1.82) is 0 Å². The SMILES string of the molecule is Cc1cccc(Cl)c1N1C(=O)N[C@]2(CCOC2)C1=O. The smallest absolute Gasteiger partial charge is 0.329 e. The fourth-order valence-electron chi connectivity index (χ4n) is 2.56. The largest absolute Gasteiger partial charge is 0.378 e. The lowest BCUT2D eigenvalue weighted by Crippen LogP contribution is -2.47. The third kappa shape index (κ3) is 1.73. The predicted molar refractivity (Wildman–Crippen MR) is 70.4 cm³/mol. The van der Waals surface area contributed by atoms with Crippen molar-refractivity contribution in [1.82, 2.24) is 5.32 Å². The molecule has 2 aliphatic heterocycles. The van der Waals surface area contributed by atoms with E-state index in [0.717, 1.165) is 10.5 Å². The zero-order chi connectivity index (χ0) is 13.6. The molecule has 1 spiro atoms. The number of carbonyl (C=O) groups is 2. The number of hydrogen-bond acceptors (Lipinski definition) is 3. The van der Waals surface area contributed by atoms with Crippen LogP contribution in [-0.2, 0) is 9.53 Å². The minimum absolute atomic E-state index is 0.220. The van der Waals surface area contributed by atoms with Gasteiger partial charge in [-0.15, -0.1) is 0 Å². The Labute approximate surface area is 115 Å². The summed E-state index contributed by atoms with van der Waals surface area (Å²) in [5.74, 6) is -0.286. The molecule has 2 saturated heterocycles. The summed E-state index contributed by atoms with van der Waals surface area (Å²) >= 11 is 6.13. The second-order valence-electron chi connectivity index (χ2n) is 4.86. The van der Waals surface area contributed by atoms with Crippen molar-refractivity contribution in [2.45, 2.75) is 18.9 Å². The normalized spacial score (nSPS) is 26.3. The molecule has 5 nitrogen and oxygen atoms in total. The van der Waals surface area contributed by atoms with Crippen LogP contribution in [-0.4, -0.2) is 30.7 Å². The minimum atomic E-state index is -0.914. The summed E-state index contributed by atoms with van der Waals surface area (Å²) in [5.41, 5.74) is 0.324. The summed E-state index contributed by atoms with van der Waals surface area (Å²) < 4.78 is 5.25. The Balaban J connectivity index is 2.06. The number of imide groups is 1. The first kappa shape index (κ1) is 12.4. The Morgan fingerprint density at radius 1 is 1.42 bits per heavy atom. The van der Waals surface area contributed by atoms with Gasteiger partial charge in [-0.25, -0.2) is 9.69 Å². The molecule has 3 amide bonds. The van der Waals surface area contributed by atoms with Gasteiger partial charge in [-0.3, -0.25) is 4.79 Å². The van der Waals surface area contributed by atoms with Crippen LogP contribution in [0.2, 0.25) is 5.02 Å². The third-order valence-electron chi connectivity index (χ3n) is 3.60. The molecule has 100 valence electrons. The maximum atomic E-state index is 12.5. The number of nitrogens with zero attached hydrogens (tertiary/aromatic N) is 1. The molecule has 0 aliphatic carbocycles. The van der Waals surface area contributed by atoms with Crippen LogP contribution in [0.4, 0.5) is 10.5 Å². The number of urea groups is 1. The maximum Gasteiger partial charge on any atom is 0.329 e. The summed E-state index contributed by atoms with van der Waals surface area (Å²) in [5, 5.41) is 3.12. The Morgan fingerprint density at radius 3 is 2.84 bits per heavy atom. The minimum Gasteiger partial charge on any atom is -0.378 e. The fraction of sp³-hybridized carbons (Fsp3) is 0.385. The van der Waals surface area contributed by atoms with E-state index >= 15 is 0 Å². The van der Waals surface area contributed by atoms with E-state index in [4.69, 9.17) is 16.3 Å². The Kier molecular flexibility index (Phi) is 2.76. The van der Waals surface area contributed by atoms with Gasteiger partial charge in [0.25, 0.3) is 5.91 Å². The lowest BCUT2D eigenvalue weighted by atomic mass is 9.99. The molecule has 3 rings (SSSR count). The van der Waals surface area contributed by atoms with Gasteiger partial charge in [0.2, 0.25) is 0 Å². The molecule has 1 aromatic rings. The first-order valence-corrected chi connectivity index (χ1v) is 6.42. The van der Waals surface area contributed by atoms with Gasteiger partial charge in [0.05, 0.1) is 17.3 Å². The van der Waals surface area contributed by atoms with E-state index in [2.05, 4.69) is 5.32 Å². The van der Waals surface area contributed by atoms with Gasteiger partial charge in [0.1, 0.15) is 5.54 Å². The summed E-state index contributed by atoms with van der Waals surface area (Å²) in [6.45, 7) is 2.51. The first-order valence-electron chi connectivity index (χ1n) is 6.05. The highest BCUT2D eigenvalue weighted by Gasteiger charge is 2.54. The Bertz CT molecular complexity index is 547. The van der Waals surface area contributed by atoms with Crippen LogP contribution in [0.25, 0.3) is 0 Å². The van der Waals surface area contributed by atoms with Crippen molar-refractivity contribution in [3.05, 3.63) is 28.8 Å². The number of amides is 3. The number of benzene rings is 1. The average molecular weight is 281 g/mol. The highest BCUT2D eigenvalue weighted by atomic mass is 35.5. The summed E-state index contributed by atoms with van der Waals surface area (Å²) in [7, 11) is 0. The van der Waals surface area contributed by atoms with Gasteiger partial charge in [0.15, 0.2) is 0 Å². The van der Waals surface area contributed by atoms with E-state index in [9.17, 15) is 9.59 Å². The molecule has 0 bridgehead atoms. The van der Waals surface area contributed by atoms with Gasteiger partial charge < -0.3 is 10.1 Å². The van der Waals surface area contributed by atoms with Crippen molar-refractivity contribution in [2.75, 3.05) is 18.1 Å². The van der Waals surface area contributed by atoms with Crippen molar-refractivity contribution in [3.8, 4) is 0 Å². The number of ether oxygens (including phenoxy) is 1. The molecule has 1 N–H and O–H groups in total. The highest BCUT2D eigenvalue weighted by molar-refractivity contribution is 6.36. The van der Waals surface area contributed by atoms with Gasteiger partial charge in [-0.05, 0) is 18.6 Å². The lowest BCUT2D eigenvalue weighted by molar-refractivity contribution is -0.122. The van der Waals surface area contributed by atoms with Crippen LogP contribution in [0.3, 0.4) is 0 Å². The first-order chi connectivity index (χ1) is 9.05. The number of nitrogens with one attached hydrogen (secondary N) is 1. The third-order valence-corrected chi connectivity index (χ3v) is 3.90. The average Bonchev–Trinajstić information content (AvgIpc) is 2.90. The predicted octanol–water partition coefficient (Wildman–Crippen LogP) is 1.86. The fourth-order valence-corrected chi connectivity index (χ4v) is 2.87. The topological polar surface area (TPSA) is 58.6 Å². The number of hydrogen-bond donors (Lipinski definition) is 1. The van der Waals surface area contributed by atoms with E-state index in [1.807, 2.05) is 13.0 Å². The lowest BCUT2D eigenvalue weighted by Gasteiger charge is -2.20. The molecule has 0 saturated carbocycles. The number of carbonyl (C=O) groups excluding carboxylic acids is 2. The van der Waals surface area contributed by atoms with Crippen LogP contribution in [0, 0.1) is 6.92 Å². The molecule has 0 radical (unpaired) electrons. The van der Waals surface area contributed by atoms with Crippen LogP contribution in [0.15, 0.2) is 18.2 Å². The molecule has 0 aromatic heterocycles. The zero-order valence-electron chi connectivity index (χ0n) is 10.4. The second-order valence-corrected chi connectivity index (χ2v) is 5.27. The molecule has 2 fully saturated rings. The molecule has 0 unspecified atom stereocenters. The number of anilines is 1. The van der Waals surface area contributed by atoms with Gasteiger partial charge in [-0.1, -0.05) is 23.7 Å². The van der Waals surface area contributed by atoms with E-state index in [-0.39, 0.29) is 12.5 Å². The Hall–Kier alpha value is -1.59. The van der Waals surface area contributed by atoms with E-state index < -0.39 is 11.6 Å². The molecule has 2 aliphatic rings. The standard InChI is InChI=1S/C13H13ClN2O3/c1-8-3-2-4-9(14)10(8)16-11(17)13(15-12(16)18)5-6-19-7-13/h2-4H,5-7H2,1H3,(H,15,18)/t13-/m0/s1. The molecular weight excluding hydrogens is 268 g/mol. The van der Waals surface area contributed by atoms with Crippen molar-refractivity contribution < 1.29 is 14.3 Å². The molecule has 19 heavy (non-hydrogen) atoms. The number of rotatable bonds is 1. The quantitative estimate of drug-likeness (QED) is 0.799. The Morgan fingerprint density at radius 2 is 2.21 bits per heavy atom. The van der Waals surface area contributed by atoms with E-state index in [1.54, 1.807) is 12.1 Å². The van der Waals surface area contributed by atoms with Gasteiger partial charge in [0, 0.05) is 13.0 Å². The summed E-state index contributed by atoms with van der Waals surface area (Å²) in [6, 6.07) is 4.83. The van der Waals surface area contributed by atoms with Gasteiger partial charge in [-0.2, -0.15) is 0 Å². The number of halogens is 1. The monoisotopic (exact) mass is 280 g/mol. The highest BCUT2D eigenvalue weighted by Crippen LogP contribution is 2.36. The molecule has 6 heteroatoms. The summed E-state index contributed by atoms with van der Waals surface area (Å²) in [6.07, 6.45) is 0.498. The van der Waals surface area contributed by atoms with Crippen molar-refractivity contribution in [2.24, 2.45) is 0 Å². The molecular formula is C13H13ClN2O3. The van der Waals surface area contributed by atoms with Crippen LogP contribution in [0.1, 0.15) is 12.0 Å². The van der Waals surface area contributed by atoms with E-state index in [0.29, 0.717) is 23.7 Å². The molecule has 1 aromatic carbocycles. The summed E-state index contributed by atoms with van der Waals surface area (Å²) in [4.78, 5) is 25.8. The van der Waals surface area contributed by atoms with Crippen LogP contribution in [0.5, 0.6) is 0 Å². The van der Waals surface area contributed by atoms with Crippen LogP contribution < -0.4 is 10.2 Å².